The molecule has 5 heteroatoms. The van der Waals surface area contributed by atoms with E-state index in [1.165, 1.54) is 0 Å². The first-order valence-corrected chi connectivity index (χ1v) is 4.23. The molecule has 3 nitrogen and oxygen atoms in total. The number of carboxylic acid groups (broad SMARTS) is 1. The molecule has 0 spiro atoms. The van der Waals surface area contributed by atoms with Crippen LogP contribution in [-0.2, 0) is 4.79 Å². The molecule has 11 heavy (non-hydrogen) atoms. The van der Waals surface area contributed by atoms with Gasteiger partial charge in [-0.2, -0.15) is 0 Å². The van der Waals surface area contributed by atoms with Crippen molar-refractivity contribution in [3.63, 3.8) is 0 Å². The number of hydrogen-bond donors (Lipinski definition) is 2. The molecule has 0 aliphatic carbocycles. The zero-order valence-corrected chi connectivity index (χ0v) is 7.27. The van der Waals surface area contributed by atoms with Crippen molar-refractivity contribution in [1.82, 2.24) is 5.32 Å². The summed E-state index contributed by atoms with van der Waals surface area (Å²) >= 11 is 11.5. The Morgan fingerprint density at radius 1 is 1.55 bits per heavy atom. The molecule has 3 unspecified atom stereocenters. The summed E-state index contributed by atoms with van der Waals surface area (Å²) in [6.45, 7) is 0.516. The van der Waals surface area contributed by atoms with Crippen molar-refractivity contribution < 1.29 is 9.90 Å². The first-order valence-electron chi connectivity index (χ1n) is 3.35. The number of rotatable bonds is 1. The molecule has 1 heterocycles. The summed E-state index contributed by atoms with van der Waals surface area (Å²) in [7, 11) is 0. The maximum Gasteiger partial charge on any atom is 0.322 e. The van der Waals surface area contributed by atoms with Crippen molar-refractivity contribution in [3.8, 4) is 0 Å². The standard InChI is InChI=1S/C6H9Cl2NO2/c7-3-1-4(8)5(6(10)11)9-2-3/h3-5,9H,1-2H2,(H,10,11). The zero-order valence-electron chi connectivity index (χ0n) is 5.76. The Bertz CT molecular complexity index is 165. The fraction of sp³-hybridized carbons (Fsp3) is 0.833. The second-order valence-corrected chi connectivity index (χ2v) is 3.75. The van der Waals surface area contributed by atoms with Gasteiger partial charge in [0.25, 0.3) is 0 Å². The second kappa shape index (κ2) is 3.61. The largest absolute Gasteiger partial charge is 0.480 e. The predicted molar refractivity (Wildman–Crippen MR) is 43.3 cm³/mol. The lowest BCUT2D eigenvalue weighted by atomic mass is 10.0. The van der Waals surface area contributed by atoms with Crippen LogP contribution >= 0.6 is 23.2 Å². The molecular weight excluding hydrogens is 189 g/mol. The molecule has 0 aromatic carbocycles. The minimum atomic E-state index is -0.909. The van der Waals surface area contributed by atoms with Crippen molar-refractivity contribution >= 4 is 29.2 Å². The summed E-state index contributed by atoms with van der Waals surface area (Å²) in [6.07, 6.45) is 0.549. The number of carbonyl (C=O) groups is 1. The van der Waals surface area contributed by atoms with Crippen LogP contribution in [0.1, 0.15) is 6.42 Å². The Morgan fingerprint density at radius 3 is 2.64 bits per heavy atom. The van der Waals surface area contributed by atoms with Crippen LogP contribution in [0.15, 0.2) is 0 Å². The SMILES string of the molecule is O=C(O)C1NCC(Cl)CC1Cl. The Balaban J connectivity index is 2.50. The van der Waals surface area contributed by atoms with Crippen LogP contribution in [0.4, 0.5) is 0 Å². The van der Waals surface area contributed by atoms with Gasteiger partial charge in [-0.3, -0.25) is 4.79 Å². The monoisotopic (exact) mass is 197 g/mol. The van der Waals surface area contributed by atoms with Crippen LogP contribution in [0, 0.1) is 0 Å². The van der Waals surface area contributed by atoms with Crippen molar-refractivity contribution in [3.05, 3.63) is 0 Å². The first-order chi connectivity index (χ1) is 5.11. The average Bonchev–Trinajstić information content (AvgIpc) is 1.85. The number of halogens is 2. The van der Waals surface area contributed by atoms with E-state index in [9.17, 15) is 4.79 Å². The molecule has 2 N–H and O–H groups in total. The van der Waals surface area contributed by atoms with E-state index < -0.39 is 17.4 Å². The third-order valence-electron chi connectivity index (χ3n) is 1.67. The van der Waals surface area contributed by atoms with Gasteiger partial charge in [0.15, 0.2) is 0 Å². The molecule has 0 aromatic rings. The molecule has 1 fully saturated rings. The number of piperidine rings is 1. The van der Waals surface area contributed by atoms with Crippen LogP contribution in [0.5, 0.6) is 0 Å². The molecule has 1 aliphatic rings. The highest BCUT2D eigenvalue weighted by Crippen LogP contribution is 2.18. The lowest BCUT2D eigenvalue weighted by Crippen LogP contribution is -2.51. The van der Waals surface area contributed by atoms with Crippen molar-refractivity contribution in [2.75, 3.05) is 6.54 Å². The highest BCUT2D eigenvalue weighted by Gasteiger charge is 2.32. The number of aliphatic carboxylic acids is 1. The van der Waals surface area contributed by atoms with E-state index >= 15 is 0 Å². The van der Waals surface area contributed by atoms with Gasteiger partial charge in [0.2, 0.25) is 0 Å². The van der Waals surface area contributed by atoms with Crippen molar-refractivity contribution in [2.45, 2.75) is 23.2 Å². The summed E-state index contributed by atoms with van der Waals surface area (Å²) in [5.41, 5.74) is 0. The first kappa shape index (κ1) is 9.10. The van der Waals surface area contributed by atoms with E-state index in [0.29, 0.717) is 13.0 Å². The molecule has 0 radical (unpaired) electrons. The summed E-state index contributed by atoms with van der Waals surface area (Å²) in [6, 6.07) is -0.647. The molecule has 1 saturated heterocycles. The van der Waals surface area contributed by atoms with E-state index in [2.05, 4.69) is 5.32 Å². The minimum Gasteiger partial charge on any atom is -0.480 e. The van der Waals surface area contributed by atoms with E-state index in [1.807, 2.05) is 0 Å². The van der Waals surface area contributed by atoms with Gasteiger partial charge in [-0.1, -0.05) is 0 Å². The van der Waals surface area contributed by atoms with Crippen LogP contribution in [0.2, 0.25) is 0 Å². The van der Waals surface area contributed by atoms with Gasteiger partial charge in [0.05, 0.1) is 5.38 Å². The van der Waals surface area contributed by atoms with Crippen LogP contribution in [-0.4, -0.2) is 34.4 Å². The Hall–Kier alpha value is 0.01000. The van der Waals surface area contributed by atoms with Gasteiger partial charge in [0.1, 0.15) is 6.04 Å². The van der Waals surface area contributed by atoms with Crippen molar-refractivity contribution in [2.24, 2.45) is 0 Å². The molecule has 64 valence electrons. The summed E-state index contributed by atoms with van der Waals surface area (Å²) in [5.74, 6) is -0.909. The zero-order chi connectivity index (χ0) is 8.43. The molecule has 3 atom stereocenters. The van der Waals surface area contributed by atoms with Gasteiger partial charge in [-0.25, -0.2) is 0 Å². The Labute approximate surface area is 74.7 Å². The molecule has 0 aromatic heterocycles. The van der Waals surface area contributed by atoms with Gasteiger partial charge in [-0.05, 0) is 6.42 Å². The topological polar surface area (TPSA) is 49.3 Å². The molecule has 0 bridgehead atoms. The normalized spacial score (nSPS) is 38.5. The number of hydrogen-bond acceptors (Lipinski definition) is 2. The molecular formula is C6H9Cl2NO2. The van der Waals surface area contributed by atoms with Gasteiger partial charge < -0.3 is 10.4 Å². The third-order valence-corrected chi connectivity index (χ3v) is 2.43. The lowest BCUT2D eigenvalue weighted by Gasteiger charge is -2.27. The molecule has 1 rings (SSSR count). The number of alkyl halides is 2. The number of nitrogens with one attached hydrogen (secondary N) is 1. The minimum absolute atomic E-state index is 0.0481. The molecule has 1 aliphatic heterocycles. The average molecular weight is 198 g/mol. The quantitative estimate of drug-likeness (QED) is 0.608. The second-order valence-electron chi connectivity index (χ2n) is 2.57. The summed E-state index contributed by atoms with van der Waals surface area (Å²) in [4.78, 5) is 10.5. The van der Waals surface area contributed by atoms with E-state index in [1.54, 1.807) is 0 Å². The third kappa shape index (κ3) is 2.22. The Morgan fingerprint density at radius 2 is 2.18 bits per heavy atom. The molecule has 0 saturated carbocycles. The highest BCUT2D eigenvalue weighted by atomic mass is 35.5. The van der Waals surface area contributed by atoms with Gasteiger partial charge in [-0.15, -0.1) is 23.2 Å². The maximum absolute atomic E-state index is 10.5. The van der Waals surface area contributed by atoms with Gasteiger partial charge >= 0.3 is 5.97 Å². The summed E-state index contributed by atoms with van der Waals surface area (Å²) < 4.78 is 0. The van der Waals surface area contributed by atoms with Gasteiger partial charge in [0, 0.05) is 11.9 Å². The number of carboxylic acids is 1. The smallest absolute Gasteiger partial charge is 0.322 e. The Kier molecular flexibility index (Phi) is 2.98. The van der Waals surface area contributed by atoms with E-state index in [0.717, 1.165) is 0 Å². The molecule has 0 amide bonds. The van der Waals surface area contributed by atoms with Crippen LogP contribution < -0.4 is 5.32 Å². The fourth-order valence-corrected chi connectivity index (χ4v) is 1.87. The van der Waals surface area contributed by atoms with Crippen LogP contribution in [0.25, 0.3) is 0 Å². The predicted octanol–water partition coefficient (Wildman–Crippen LogP) is 0.648. The highest BCUT2D eigenvalue weighted by molar-refractivity contribution is 6.25. The van der Waals surface area contributed by atoms with Crippen LogP contribution in [0.3, 0.4) is 0 Å². The maximum atomic E-state index is 10.5. The lowest BCUT2D eigenvalue weighted by molar-refractivity contribution is -0.139. The summed E-state index contributed by atoms with van der Waals surface area (Å²) in [5, 5.41) is 10.9. The fourth-order valence-electron chi connectivity index (χ4n) is 1.09. The van der Waals surface area contributed by atoms with E-state index in [4.69, 9.17) is 28.3 Å². The van der Waals surface area contributed by atoms with Crippen molar-refractivity contribution in [1.29, 1.82) is 0 Å². The van der Waals surface area contributed by atoms with E-state index in [-0.39, 0.29) is 5.38 Å².